The minimum absolute atomic E-state index is 0.0818. The van der Waals surface area contributed by atoms with E-state index in [0.717, 1.165) is 40.8 Å². The molecule has 1 fully saturated rings. The molecule has 0 aliphatic carbocycles. The average Bonchev–Trinajstić information content (AvgIpc) is 3.59. The van der Waals surface area contributed by atoms with Crippen LogP contribution in [0.15, 0.2) is 67.0 Å². The molecule has 1 saturated heterocycles. The molecule has 2 atom stereocenters. The Morgan fingerprint density at radius 2 is 1.95 bits per heavy atom. The van der Waals surface area contributed by atoms with Gasteiger partial charge in [-0.25, -0.2) is 15.0 Å². The summed E-state index contributed by atoms with van der Waals surface area (Å²) in [4.78, 5) is 32.4. The van der Waals surface area contributed by atoms with Crippen LogP contribution in [0.2, 0.25) is 10.0 Å². The van der Waals surface area contributed by atoms with Gasteiger partial charge in [0.25, 0.3) is 5.91 Å². The van der Waals surface area contributed by atoms with E-state index in [9.17, 15) is 4.79 Å². The number of carbonyl (C=O) groups excluding carboxylic acids is 1. The van der Waals surface area contributed by atoms with Crippen molar-refractivity contribution >= 4 is 62.6 Å². The smallest absolute Gasteiger partial charge is 0.255 e. The lowest BCUT2D eigenvalue weighted by atomic mass is 10.1. The number of anilines is 2. The second kappa shape index (κ2) is 10.7. The summed E-state index contributed by atoms with van der Waals surface area (Å²) in [7, 11) is 0. The van der Waals surface area contributed by atoms with Crippen molar-refractivity contribution in [1.82, 2.24) is 24.8 Å². The summed E-state index contributed by atoms with van der Waals surface area (Å²) < 4.78 is 0. The molecular weight excluding hydrogens is 533 g/mol. The van der Waals surface area contributed by atoms with Crippen LogP contribution in [0.5, 0.6) is 0 Å². The third-order valence-electron chi connectivity index (χ3n) is 7.13. The van der Waals surface area contributed by atoms with E-state index in [1.54, 1.807) is 12.1 Å². The van der Waals surface area contributed by atoms with E-state index in [2.05, 4.69) is 30.6 Å². The molecule has 5 aromatic rings. The lowest BCUT2D eigenvalue weighted by Crippen LogP contribution is -2.39. The highest BCUT2D eigenvalue weighted by Crippen LogP contribution is 2.31. The molecule has 8 nitrogen and oxygen atoms in total. The van der Waals surface area contributed by atoms with Crippen LogP contribution < -0.4 is 10.6 Å². The predicted molar refractivity (Wildman–Crippen MR) is 157 cm³/mol. The van der Waals surface area contributed by atoms with E-state index in [4.69, 9.17) is 23.2 Å². The number of hydrogen-bond donors (Lipinski definition) is 3. The molecule has 198 valence electrons. The van der Waals surface area contributed by atoms with Crippen molar-refractivity contribution in [3.63, 3.8) is 0 Å². The molecule has 1 aliphatic heterocycles. The summed E-state index contributed by atoms with van der Waals surface area (Å²) >= 11 is 12.8. The van der Waals surface area contributed by atoms with Crippen molar-refractivity contribution in [2.24, 2.45) is 0 Å². The van der Waals surface area contributed by atoms with Gasteiger partial charge in [0.2, 0.25) is 0 Å². The molecule has 2 aromatic heterocycles. The Labute approximate surface area is 235 Å². The minimum atomic E-state index is -0.183. The number of halogens is 2. The number of nitrogens with one attached hydrogen (secondary N) is 3. The SMILES string of the molecule is C[C@H](Nc1ncnc2cc(C(=O)N3CCC[C@H]3CNc3ccccc3)c(Cl)cc12)c1nc2cc(Cl)ccc2[nH]1. The lowest BCUT2D eigenvalue weighted by molar-refractivity contribution is 0.0744. The normalized spacial score (nSPS) is 16.1. The number of fused-ring (bicyclic) bond motifs is 2. The number of para-hydroxylation sites is 1. The number of hydrogen-bond acceptors (Lipinski definition) is 6. The molecule has 0 radical (unpaired) electrons. The number of amides is 1. The second-order valence-electron chi connectivity index (χ2n) is 9.76. The summed E-state index contributed by atoms with van der Waals surface area (Å²) in [5.74, 6) is 1.28. The molecule has 10 heteroatoms. The first-order valence-corrected chi connectivity index (χ1v) is 13.7. The first-order valence-electron chi connectivity index (χ1n) is 12.9. The molecule has 6 rings (SSSR count). The average molecular weight is 560 g/mol. The maximum atomic E-state index is 13.6. The number of imidazole rings is 1. The van der Waals surface area contributed by atoms with Crippen molar-refractivity contribution in [3.05, 3.63) is 88.4 Å². The van der Waals surface area contributed by atoms with Crippen molar-refractivity contribution in [2.45, 2.75) is 31.8 Å². The molecule has 1 aliphatic rings. The quantitative estimate of drug-likeness (QED) is 0.205. The van der Waals surface area contributed by atoms with E-state index >= 15 is 0 Å². The van der Waals surface area contributed by atoms with Gasteiger partial charge < -0.3 is 20.5 Å². The maximum absolute atomic E-state index is 13.6. The van der Waals surface area contributed by atoms with Gasteiger partial charge in [0.1, 0.15) is 18.0 Å². The van der Waals surface area contributed by atoms with Gasteiger partial charge in [0.15, 0.2) is 0 Å². The first kappa shape index (κ1) is 25.4. The second-order valence-corrected chi connectivity index (χ2v) is 10.6. The van der Waals surface area contributed by atoms with Gasteiger partial charge in [-0.2, -0.15) is 0 Å². The van der Waals surface area contributed by atoms with Crippen LogP contribution in [0.4, 0.5) is 11.5 Å². The van der Waals surface area contributed by atoms with Gasteiger partial charge in [-0.05, 0) is 62.2 Å². The van der Waals surface area contributed by atoms with Crippen LogP contribution in [0.3, 0.4) is 0 Å². The molecule has 1 amide bonds. The van der Waals surface area contributed by atoms with Crippen LogP contribution in [-0.4, -0.2) is 49.9 Å². The fraction of sp³-hybridized carbons (Fsp3) is 0.241. The Morgan fingerprint density at radius 3 is 2.79 bits per heavy atom. The zero-order valence-electron chi connectivity index (χ0n) is 21.3. The Balaban J connectivity index is 1.22. The predicted octanol–water partition coefficient (Wildman–Crippen LogP) is 6.70. The number of nitrogens with zero attached hydrogens (tertiary/aromatic N) is 4. The third-order valence-corrected chi connectivity index (χ3v) is 7.68. The van der Waals surface area contributed by atoms with E-state index in [1.165, 1.54) is 6.33 Å². The number of aromatic amines is 1. The molecule has 0 spiro atoms. The summed E-state index contributed by atoms with van der Waals surface area (Å²) in [5.41, 5.74) is 3.83. The Kier molecular flexibility index (Phi) is 6.97. The topological polar surface area (TPSA) is 98.8 Å². The van der Waals surface area contributed by atoms with Crippen molar-refractivity contribution in [2.75, 3.05) is 23.7 Å². The fourth-order valence-corrected chi connectivity index (χ4v) is 5.51. The summed E-state index contributed by atoms with van der Waals surface area (Å²) in [6.45, 7) is 3.37. The number of benzene rings is 3. The third kappa shape index (κ3) is 5.22. The van der Waals surface area contributed by atoms with Gasteiger partial charge in [-0.3, -0.25) is 4.79 Å². The number of carbonyl (C=O) groups is 1. The van der Waals surface area contributed by atoms with Crippen LogP contribution in [0.1, 0.15) is 42.0 Å². The molecule has 0 saturated carbocycles. The molecule has 39 heavy (non-hydrogen) atoms. The van der Waals surface area contributed by atoms with Gasteiger partial charge in [-0.1, -0.05) is 41.4 Å². The van der Waals surface area contributed by atoms with Crippen molar-refractivity contribution < 1.29 is 4.79 Å². The van der Waals surface area contributed by atoms with E-state index in [1.807, 2.05) is 60.4 Å². The largest absolute Gasteiger partial charge is 0.383 e. The van der Waals surface area contributed by atoms with Crippen LogP contribution in [0, 0.1) is 0 Å². The highest BCUT2D eigenvalue weighted by Gasteiger charge is 2.30. The van der Waals surface area contributed by atoms with Gasteiger partial charge in [0, 0.05) is 35.2 Å². The molecular formula is C29H27Cl2N7O. The monoisotopic (exact) mass is 559 g/mol. The van der Waals surface area contributed by atoms with Gasteiger partial charge in [0.05, 0.1) is 33.2 Å². The summed E-state index contributed by atoms with van der Waals surface area (Å²) in [6.07, 6.45) is 3.39. The molecule has 3 heterocycles. The number of rotatable bonds is 7. The molecule has 0 bridgehead atoms. The van der Waals surface area contributed by atoms with E-state index in [-0.39, 0.29) is 18.0 Å². The van der Waals surface area contributed by atoms with Gasteiger partial charge in [-0.15, -0.1) is 0 Å². The van der Waals surface area contributed by atoms with E-state index < -0.39 is 0 Å². The standard InChI is InChI=1S/C29H27Cl2N7O/c1-17(27-36-24-10-9-18(30)12-26(24)37-27)35-28-22-13-23(31)21(14-25(22)33-16-34-28)29(39)38-11-5-8-20(38)15-32-19-6-3-2-4-7-19/h2-4,6-7,9-10,12-14,16-17,20,32H,5,8,11,15H2,1H3,(H,36,37)(H,33,34,35)/t17-,20-/m0/s1. The van der Waals surface area contributed by atoms with Crippen LogP contribution >= 0.6 is 23.2 Å². The fourth-order valence-electron chi connectivity index (χ4n) is 5.09. The summed E-state index contributed by atoms with van der Waals surface area (Å²) in [6, 6.07) is 19.0. The highest BCUT2D eigenvalue weighted by atomic mass is 35.5. The van der Waals surface area contributed by atoms with Crippen molar-refractivity contribution in [1.29, 1.82) is 0 Å². The Morgan fingerprint density at radius 1 is 1.10 bits per heavy atom. The zero-order valence-corrected chi connectivity index (χ0v) is 22.8. The number of H-pyrrole nitrogens is 1. The molecule has 3 N–H and O–H groups in total. The van der Waals surface area contributed by atoms with Crippen molar-refractivity contribution in [3.8, 4) is 0 Å². The van der Waals surface area contributed by atoms with Crippen LogP contribution in [-0.2, 0) is 0 Å². The molecule has 3 aromatic carbocycles. The Hall–Kier alpha value is -3.88. The van der Waals surface area contributed by atoms with Crippen LogP contribution in [0.25, 0.3) is 21.9 Å². The van der Waals surface area contributed by atoms with Gasteiger partial charge >= 0.3 is 0 Å². The summed E-state index contributed by atoms with van der Waals surface area (Å²) in [5, 5.41) is 8.59. The molecule has 0 unspecified atom stereocenters. The first-order chi connectivity index (χ1) is 19.0. The number of aromatic nitrogens is 4. The lowest BCUT2D eigenvalue weighted by Gasteiger charge is -2.26. The van der Waals surface area contributed by atoms with E-state index in [0.29, 0.717) is 40.0 Å². The maximum Gasteiger partial charge on any atom is 0.255 e. The minimum Gasteiger partial charge on any atom is -0.383 e. The Bertz CT molecular complexity index is 1660. The zero-order chi connectivity index (χ0) is 26.9. The highest BCUT2D eigenvalue weighted by molar-refractivity contribution is 6.35. The number of likely N-dealkylation sites (tertiary alicyclic amines) is 1.